The van der Waals surface area contributed by atoms with Crippen LogP contribution in [0.3, 0.4) is 0 Å². The lowest BCUT2D eigenvalue weighted by Gasteiger charge is -2.16. The molecule has 1 fully saturated rings. The number of fused-ring (bicyclic) bond motifs is 1. The average molecular weight is 464 g/mol. The lowest BCUT2D eigenvalue weighted by molar-refractivity contribution is 0.0770. The van der Waals surface area contributed by atoms with E-state index in [2.05, 4.69) is 5.32 Å². The van der Waals surface area contributed by atoms with E-state index in [1.807, 2.05) is 30.3 Å². The van der Waals surface area contributed by atoms with Crippen LogP contribution in [0.2, 0.25) is 0 Å². The molecule has 1 aliphatic heterocycles. The third-order valence-corrected chi connectivity index (χ3v) is 7.01. The number of carbonyl (C=O) groups is 1. The molecule has 1 atom stereocenters. The fourth-order valence-electron chi connectivity index (χ4n) is 4.11. The van der Waals surface area contributed by atoms with Crippen LogP contribution in [0.5, 0.6) is 0 Å². The minimum Gasteiger partial charge on any atom is -0.391 e. The standard InChI is InChI=1S/C25H22FN3O3S/c1-15-13-16(7-9-20(15)26)27-22-19-8-10-21(31)29(17-5-3-2-4-6-17)25(19)33-23(22)24(32)28-12-11-18(30)14-28/h2-10,13,18,27,30H,11-12,14H2,1H3/t18-/m0/s1. The number of thiophene rings is 1. The van der Waals surface area contributed by atoms with Crippen LogP contribution in [-0.4, -0.2) is 39.7 Å². The van der Waals surface area contributed by atoms with Crippen LogP contribution in [-0.2, 0) is 0 Å². The maximum absolute atomic E-state index is 13.8. The van der Waals surface area contributed by atoms with Crippen molar-refractivity contribution in [2.75, 3.05) is 18.4 Å². The monoisotopic (exact) mass is 463 g/mol. The molecular weight excluding hydrogens is 441 g/mol. The predicted molar refractivity (Wildman–Crippen MR) is 128 cm³/mol. The van der Waals surface area contributed by atoms with Crippen LogP contribution >= 0.6 is 11.3 Å². The van der Waals surface area contributed by atoms with Gasteiger partial charge >= 0.3 is 0 Å². The number of para-hydroxylation sites is 1. The second-order valence-electron chi connectivity index (χ2n) is 8.15. The summed E-state index contributed by atoms with van der Waals surface area (Å²) in [5.41, 5.74) is 2.19. The Labute approximate surface area is 193 Å². The fraction of sp³-hybridized carbons (Fsp3) is 0.200. The van der Waals surface area contributed by atoms with Crippen molar-refractivity contribution in [1.82, 2.24) is 9.47 Å². The van der Waals surface area contributed by atoms with Gasteiger partial charge < -0.3 is 15.3 Å². The van der Waals surface area contributed by atoms with Crippen molar-refractivity contribution in [2.45, 2.75) is 19.4 Å². The van der Waals surface area contributed by atoms with Crippen molar-refractivity contribution >= 4 is 38.8 Å². The molecule has 1 saturated heterocycles. The number of benzene rings is 2. The van der Waals surface area contributed by atoms with E-state index >= 15 is 0 Å². The molecule has 0 unspecified atom stereocenters. The van der Waals surface area contributed by atoms with E-state index in [-0.39, 0.29) is 23.8 Å². The Balaban J connectivity index is 1.71. The van der Waals surface area contributed by atoms with E-state index in [0.717, 1.165) is 0 Å². The number of nitrogens with one attached hydrogen (secondary N) is 1. The van der Waals surface area contributed by atoms with Gasteiger partial charge in [-0.1, -0.05) is 18.2 Å². The van der Waals surface area contributed by atoms with Gasteiger partial charge in [0.25, 0.3) is 11.5 Å². The second-order valence-corrected chi connectivity index (χ2v) is 9.15. The number of aliphatic hydroxyl groups excluding tert-OH is 1. The van der Waals surface area contributed by atoms with E-state index in [4.69, 9.17) is 0 Å². The number of hydrogen-bond donors (Lipinski definition) is 2. The van der Waals surface area contributed by atoms with Gasteiger partial charge in [-0.05, 0) is 55.3 Å². The van der Waals surface area contributed by atoms with Crippen molar-refractivity contribution < 1.29 is 14.3 Å². The second kappa shape index (κ2) is 8.46. The maximum Gasteiger partial charge on any atom is 0.266 e. The van der Waals surface area contributed by atoms with Crippen molar-refractivity contribution in [3.63, 3.8) is 0 Å². The van der Waals surface area contributed by atoms with Crippen molar-refractivity contribution in [3.05, 3.63) is 87.3 Å². The molecule has 2 aromatic carbocycles. The van der Waals surface area contributed by atoms with Crippen molar-refractivity contribution in [3.8, 4) is 5.69 Å². The Bertz CT molecular complexity index is 1410. The minimum atomic E-state index is -0.540. The molecule has 1 amide bonds. The predicted octanol–water partition coefficient (Wildman–Crippen LogP) is 4.45. The quantitative estimate of drug-likeness (QED) is 0.469. The number of β-amino-alcohol motifs (C(OH)–C–C–N with tert-alkyl or cyclic N) is 1. The lowest BCUT2D eigenvalue weighted by Crippen LogP contribution is -2.29. The number of likely N-dealkylation sites (tertiary alicyclic amines) is 1. The fourth-order valence-corrected chi connectivity index (χ4v) is 5.35. The van der Waals surface area contributed by atoms with E-state index < -0.39 is 6.10 Å². The molecule has 0 spiro atoms. The van der Waals surface area contributed by atoms with Gasteiger partial charge in [-0.25, -0.2) is 4.39 Å². The van der Waals surface area contributed by atoms with Gasteiger partial charge in [-0.3, -0.25) is 14.2 Å². The molecule has 5 rings (SSSR count). The van der Waals surface area contributed by atoms with E-state index in [1.165, 1.54) is 23.5 Å². The highest BCUT2D eigenvalue weighted by molar-refractivity contribution is 7.21. The number of hydrogen-bond acceptors (Lipinski definition) is 5. The van der Waals surface area contributed by atoms with E-state index in [1.54, 1.807) is 34.6 Å². The highest BCUT2D eigenvalue weighted by atomic mass is 32.1. The average Bonchev–Trinajstić information content (AvgIpc) is 3.40. The zero-order valence-electron chi connectivity index (χ0n) is 17.9. The van der Waals surface area contributed by atoms with Crippen LogP contribution in [0.15, 0.2) is 65.5 Å². The zero-order chi connectivity index (χ0) is 23.1. The number of halogens is 1. The number of pyridine rings is 1. The molecule has 6 nitrogen and oxygen atoms in total. The van der Waals surface area contributed by atoms with Gasteiger partial charge in [0, 0.05) is 30.2 Å². The van der Waals surface area contributed by atoms with Crippen LogP contribution in [0, 0.1) is 12.7 Å². The summed E-state index contributed by atoms with van der Waals surface area (Å²) < 4.78 is 15.4. The molecule has 1 aliphatic rings. The van der Waals surface area contributed by atoms with Crippen molar-refractivity contribution in [1.29, 1.82) is 0 Å². The number of anilines is 2. The maximum atomic E-state index is 13.8. The normalized spacial score (nSPS) is 15.8. The molecular formula is C25H22FN3O3S. The third-order valence-electron chi connectivity index (χ3n) is 5.83. The van der Waals surface area contributed by atoms with Crippen LogP contribution in [0.1, 0.15) is 21.7 Å². The Morgan fingerprint density at radius 3 is 2.64 bits per heavy atom. The molecule has 2 N–H and O–H groups in total. The molecule has 33 heavy (non-hydrogen) atoms. The Morgan fingerprint density at radius 1 is 1.15 bits per heavy atom. The number of aliphatic hydroxyl groups is 1. The lowest BCUT2D eigenvalue weighted by atomic mass is 10.2. The summed E-state index contributed by atoms with van der Waals surface area (Å²) in [5.74, 6) is -0.517. The summed E-state index contributed by atoms with van der Waals surface area (Å²) in [6.07, 6.45) is -0.00682. The number of nitrogens with zero attached hydrogens (tertiary/aromatic N) is 2. The SMILES string of the molecule is Cc1cc(Nc2c(C(=O)N3CC[C@H](O)C3)sc3c2ccc(=O)n3-c2ccccc2)ccc1F. The topological polar surface area (TPSA) is 74.6 Å². The summed E-state index contributed by atoms with van der Waals surface area (Å²) in [7, 11) is 0. The van der Waals surface area contributed by atoms with Crippen molar-refractivity contribution in [2.24, 2.45) is 0 Å². The van der Waals surface area contributed by atoms with Gasteiger partial charge in [0.15, 0.2) is 0 Å². The van der Waals surface area contributed by atoms with E-state index in [9.17, 15) is 19.1 Å². The molecule has 4 aromatic rings. The number of aromatic nitrogens is 1. The first kappa shape index (κ1) is 21.4. The Kier molecular flexibility index (Phi) is 5.47. The third kappa shape index (κ3) is 3.92. The number of aryl methyl sites for hydroxylation is 1. The Morgan fingerprint density at radius 2 is 1.94 bits per heavy atom. The van der Waals surface area contributed by atoms with Crippen LogP contribution in [0.25, 0.3) is 15.9 Å². The number of amides is 1. The minimum absolute atomic E-state index is 0.199. The summed E-state index contributed by atoms with van der Waals surface area (Å²) in [5, 5.41) is 14.0. The molecule has 0 radical (unpaired) electrons. The molecule has 0 aliphatic carbocycles. The van der Waals surface area contributed by atoms with Gasteiger partial charge in [0.1, 0.15) is 15.5 Å². The zero-order valence-corrected chi connectivity index (χ0v) is 18.7. The van der Waals surface area contributed by atoms with Gasteiger partial charge in [-0.15, -0.1) is 11.3 Å². The molecule has 0 bridgehead atoms. The molecule has 3 heterocycles. The molecule has 2 aromatic heterocycles. The first-order valence-electron chi connectivity index (χ1n) is 10.7. The first-order valence-corrected chi connectivity index (χ1v) is 11.5. The van der Waals surface area contributed by atoms with Crippen LogP contribution in [0.4, 0.5) is 15.8 Å². The molecule has 8 heteroatoms. The molecule has 0 saturated carbocycles. The first-order chi connectivity index (χ1) is 15.9. The number of rotatable bonds is 4. The Hall–Kier alpha value is -3.49. The van der Waals surface area contributed by atoms with Gasteiger partial charge in [-0.2, -0.15) is 0 Å². The largest absolute Gasteiger partial charge is 0.391 e. The highest BCUT2D eigenvalue weighted by Crippen LogP contribution is 2.39. The summed E-state index contributed by atoms with van der Waals surface area (Å²) in [4.78, 5) is 29.0. The number of carbonyl (C=O) groups excluding carboxylic acids is 1. The van der Waals surface area contributed by atoms with E-state index in [0.29, 0.717) is 50.7 Å². The molecule has 168 valence electrons. The van der Waals surface area contributed by atoms with Gasteiger partial charge in [0.05, 0.1) is 17.5 Å². The summed E-state index contributed by atoms with van der Waals surface area (Å²) >= 11 is 1.24. The summed E-state index contributed by atoms with van der Waals surface area (Å²) in [6, 6.07) is 17.1. The van der Waals surface area contributed by atoms with Gasteiger partial charge in [0.2, 0.25) is 0 Å². The smallest absolute Gasteiger partial charge is 0.266 e. The summed E-state index contributed by atoms with van der Waals surface area (Å²) in [6.45, 7) is 2.42. The van der Waals surface area contributed by atoms with Crippen LogP contribution < -0.4 is 10.9 Å². The highest BCUT2D eigenvalue weighted by Gasteiger charge is 2.30.